The van der Waals surface area contributed by atoms with Crippen LogP contribution in [0.2, 0.25) is 0 Å². The quantitative estimate of drug-likeness (QED) is 0.761. The van der Waals surface area contributed by atoms with Crippen molar-refractivity contribution < 1.29 is 9.47 Å². The highest BCUT2D eigenvalue weighted by Crippen LogP contribution is 2.31. The maximum atomic E-state index is 6.07. The molecule has 136 valence electrons. The standard InChI is InChI=1S/C19H18N6O2/c1-25-19(27-18(24-25)12-6-4-3-5-7-12)16-17(20)22-11-14(23-16)13-8-9-15(26-2)21-10-13/h3-11,19H,1-2H3,(H2,20,22). The third-order valence-electron chi connectivity index (χ3n) is 4.14. The fourth-order valence-corrected chi connectivity index (χ4v) is 2.73. The van der Waals surface area contributed by atoms with Gasteiger partial charge in [-0.3, -0.25) is 5.01 Å². The van der Waals surface area contributed by atoms with Crippen LogP contribution >= 0.6 is 0 Å². The summed E-state index contributed by atoms with van der Waals surface area (Å²) in [4.78, 5) is 13.1. The summed E-state index contributed by atoms with van der Waals surface area (Å²) in [7, 11) is 3.38. The summed E-state index contributed by atoms with van der Waals surface area (Å²) >= 11 is 0. The van der Waals surface area contributed by atoms with Crippen LogP contribution in [0.5, 0.6) is 5.88 Å². The Morgan fingerprint density at radius 1 is 1.04 bits per heavy atom. The summed E-state index contributed by atoms with van der Waals surface area (Å²) in [5.41, 5.74) is 8.90. The Labute approximate surface area is 156 Å². The summed E-state index contributed by atoms with van der Waals surface area (Å²) in [5, 5.41) is 6.14. The largest absolute Gasteiger partial charge is 0.481 e. The van der Waals surface area contributed by atoms with Crippen molar-refractivity contribution in [3.05, 3.63) is 66.1 Å². The van der Waals surface area contributed by atoms with Crippen LogP contribution in [0.4, 0.5) is 5.82 Å². The first-order chi connectivity index (χ1) is 13.2. The monoisotopic (exact) mass is 362 g/mol. The average Bonchev–Trinajstić information content (AvgIpc) is 3.11. The molecule has 0 bridgehead atoms. The molecule has 4 rings (SSSR count). The number of benzene rings is 1. The number of pyridine rings is 1. The maximum Gasteiger partial charge on any atom is 0.240 e. The minimum atomic E-state index is -0.557. The average molecular weight is 362 g/mol. The lowest BCUT2D eigenvalue weighted by atomic mass is 10.2. The third-order valence-corrected chi connectivity index (χ3v) is 4.14. The normalized spacial score (nSPS) is 16.0. The first-order valence-electron chi connectivity index (χ1n) is 8.32. The Balaban J connectivity index is 1.64. The minimum Gasteiger partial charge on any atom is -0.481 e. The molecule has 0 saturated carbocycles. The van der Waals surface area contributed by atoms with E-state index in [0.29, 0.717) is 29.0 Å². The second-order valence-corrected chi connectivity index (χ2v) is 5.93. The highest BCUT2D eigenvalue weighted by atomic mass is 16.5. The van der Waals surface area contributed by atoms with Crippen molar-refractivity contribution in [2.45, 2.75) is 6.23 Å². The summed E-state index contributed by atoms with van der Waals surface area (Å²) in [6, 6.07) is 13.3. The summed E-state index contributed by atoms with van der Waals surface area (Å²) in [5.74, 6) is 1.34. The van der Waals surface area contributed by atoms with Crippen LogP contribution in [0.15, 0.2) is 60.0 Å². The minimum absolute atomic E-state index is 0.293. The van der Waals surface area contributed by atoms with Crippen LogP contribution in [0.3, 0.4) is 0 Å². The van der Waals surface area contributed by atoms with E-state index in [-0.39, 0.29) is 0 Å². The smallest absolute Gasteiger partial charge is 0.240 e. The number of anilines is 1. The number of hydrazone groups is 1. The molecular formula is C19H18N6O2. The van der Waals surface area contributed by atoms with Gasteiger partial charge < -0.3 is 15.2 Å². The molecule has 8 nitrogen and oxygen atoms in total. The Morgan fingerprint density at radius 3 is 2.56 bits per heavy atom. The number of hydrogen-bond acceptors (Lipinski definition) is 8. The van der Waals surface area contributed by atoms with Crippen molar-refractivity contribution in [2.75, 3.05) is 19.9 Å². The van der Waals surface area contributed by atoms with Gasteiger partial charge in [0.2, 0.25) is 18.0 Å². The van der Waals surface area contributed by atoms with Crippen molar-refractivity contribution >= 4 is 11.7 Å². The van der Waals surface area contributed by atoms with Crippen LogP contribution in [0.1, 0.15) is 17.5 Å². The molecule has 0 radical (unpaired) electrons. The van der Waals surface area contributed by atoms with Gasteiger partial charge in [0.1, 0.15) is 5.69 Å². The number of methoxy groups -OCH3 is 1. The van der Waals surface area contributed by atoms with Gasteiger partial charge in [-0.25, -0.2) is 15.0 Å². The number of ether oxygens (including phenoxy) is 2. The van der Waals surface area contributed by atoms with Gasteiger partial charge in [-0.2, -0.15) is 0 Å². The number of hydrogen-bond donors (Lipinski definition) is 1. The van der Waals surface area contributed by atoms with Crippen LogP contribution in [0, 0.1) is 0 Å². The van der Waals surface area contributed by atoms with Crippen LogP contribution < -0.4 is 10.5 Å². The van der Waals surface area contributed by atoms with Crippen molar-refractivity contribution in [3.63, 3.8) is 0 Å². The SMILES string of the molecule is COc1ccc(-c2cnc(N)c(C3OC(c4ccccc4)=NN3C)n2)cn1. The molecule has 27 heavy (non-hydrogen) atoms. The zero-order valence-corrected chi connectivity index (χ0v) is 14.9. The van der Waals surface area contributed by atoms with E-state index in [0.717, 1.165) is 11.1 Å². The van der Waals surface area contributed by atoms with E-state index in [1.165, 1.54) is 0 Å². The Morgan fingerprint density at radius 2 is 1.85 bits per heavy atom. The Kier molecular flexibility index (Phi) is 4.29. The molecule has 1 aliphatic heterocycles. The number of rotatable bonds is 4. The van der Waals surface area contributed by atoms with Gasteiger partial charge >= 0.3 is 0 Å². The van der Waals surface area contributed by atoms with Gasteiger partial charge in [0.15, 0.2) is 5.82 Å². The molecule has 3 heterocycles. The molecular weight excluding hydrogens is 344 g/mol. The number of nitrogens with zero attached hydrogens (tertiary/aromatic N) is 5. The molecule has 0 amide bonds. The number of aromatic nitrogens is 3. The van der Waals surface area contributed by atoms with Crippen molar-refractivity contribution in [3.8, 4) is 17.1 Å². The van der Waals surface area contributed by atoms with Gasteiger partial charge in [-0.1, -0.05) is 18.2 Å². The lowest BCUT2D eigenvalue weighted by molar-refractivity contribution is 0.0744. The van der Waals surface area contributed by atoms with E-state index in [4.69, 9.17) is 15.2 Å². The van der Waals surface area contributed by atoms with E-state index in [9.17, 15) is 0 Å². The molecule has 0 spiro atoms. The summed E-state index contributed by atoms with van der Waals surface area (Å²) in [6.07, 6.45) is 2.73. The van der Waals surface area contributed by atoms with Crippen molar-refractivity contribution in [1.82, 2.24) is 20.0 Å². The van der Waals surface area contributed by atoms with E-state index >= 15 is 0 Å². The molecule has 0 fully saturated rings. The highest BCUT2D eigenvalue weighted by molar-refractivity contribution is 5.94. The molecule has 1 aromatic carbocycles. The predicted molar refractivity (Wildman–Crippen MR) is 101 cm³/mol. The molecule has 1 aliphatic rings. The van der Waals surface area contributed by atoms with Gasteiger partial charge in [0.05, 0.1) is 19.0 Å². The van der Waals surface area contributed by atoms with Crippen LogP contribution in [-0.2, 0) is 4.74 Å². The van der Waals surface area contributed by atoms with Crippen LogP contribution in [-0.4, -0.2) is 40.0 Å². The fraction of sp³-hybridized carbons (Fsp3) is 0.158. The maximum absolute atomic E-state index is 6.07. The third kappa shape index (κ3) is 3.24. The molecule has 0 saturated heterocycles. The fourth-order valence-electron chi connectivity index (χ4n) is 2.73. The Bertz CT molecular complexity index is 975. The van der Waals surface area contributed by atoms with E-state index in [2.05, 4.69) is 20.1 Å². The molecule has 3 aromatic rings. The van der Waals surface area contributed by atoms with Gasteiger partial charge in [0.25, 0.3) is 0 Å². The number of nitrogen functional groups attached to an aromatic ring is 1. The second kappa shape index (κ2) is 6.91. The molecule has 2 N–H and O–H groups in total. The zero-order chi connectivity index (χ0) is 18.8. The van der Waals surface area contributed by atoms with E-state index < -0.39 is 6.23 Å². The zero-order valence-electron chi connectivity index (χ0n) is 14.9. The summed E-state index contributed by atoms with van der Waals surface area (Å²) in [6.45, 7) is 0. The van der Waals surface area contributed by atoms with Crippen molar-refractivity contribution in [1.29, 1.82) is 0 Å². The van der Waals surface area contributed by atoms with Gasteiger partial charge in [-0.05, 0) is 18.2 Å². The lowest BCUT2D eigenvalue weighted by Crippen LogP contribution is -2.19. The van der Waals surface area contributed by atoms with Gasteiger partial charge in [-0.15, -0.1) is 5.10 Å². The molecule has 8 heteroatoms. The molecule has 1 unspecified atom stereocenters. The van der Waals surface area contributed by atoms with E-state index in [1.54, 1.807) is 30.6 Å². The lowest BCUT2D eigenvalue weighted by Gasteiger charge is -2.18. The topological polar surface area (TPSA) is 98.8 Å². The molecule has 2 aromatic heterocycles. The van der Waals surface area contributed by atoms with Crippen molar-refractivity contribution in [2.24, 2.45) is 5.10 Å². The Hall–Kier alpha value is -3.68. The first-order valence-corrected chi connectivity index (χ1v) is 8.32. The summed E-state index contributed by atoms with van der Waals surface area (Å²) < 4.78 is 11.1. The molecule has 0 aliphatic carbocycles. The number of nitrogens with two attached hydrogens (primary N) is 1. The molecule has 1 atom stereocenters. The second-order valence-electron chi connectivity index (χ2n) is 5.93. The predicted octanol–water partition coefficient (Wildman–Crippen LogP) is 2.45. The van der Waals surface area contributed by atoms with E-state index in [1.807, 2.05) is 43.4 Å². The van der Waals surface area contributed by atoms with Gasteiger partial charge in [0, 0.05) is 30.4 Å². The van der Waals surface area contributed by atoms with Crippen LogP contribution in [0.25, 0.3) is 11.3 Å². The highest BCUT2D eigenvalue weighted by Gasteiger charge is 2.31. The first kappa shape index (κ1) is 16.8.